The molecule has 0 fully saturated rings. The molecule has 70 valence electrons. The Balaban J connectivity index is 2.96. The van der Waals surface area contributed by atoms with Crippen molar-refractivity contribution in [2.45, 2.75) is 12.8 Å². The minimum Gasteiger partial charge on any atom is -0.303 e. The fourth-order valence-corrected chi connectivity index (χ4v) is 1.16. The lowest BCUT2D eigenvalue weighted by Gasteiger charge is -2.02. The van der Waals surface area contributed by atoms with Crippen molar-refractivity contribution in [2.24, 2.45) is 0 Å². The number of hydrogen-bond donors (Lipinski definition) is 0. The zero-order valence-electron chi connectivity index (χ0n) is 6.69. The van der Waals surface area contributed by atoms with Crippen molar-refractivity contribution in [2.75, 3.05) is 0 Å². The van der Waals surface area contributed by atoms with Gasteiger partial charge in [-0.15, -0.1) is 0 Å². The molecule has 1 nitrogen and oxygen atoms in total. The Morgan fingerprint density at radius 2 is 2.08 bits per heavy atom. The van der Waals surface area contributed by atoms with E-state index in [-0.39, 0.29) is 18.4 Å². The predicted molar refractivity (Wildman–Crippen MR) is 45.8 cm³/mol. The number of rotatable bonds is 3. The number of aryl methyl sites for hydroxylation is 1. The summed E-state index contributed by atoms with van der Waals surface area (Å²) in [6.45, 7) is 0. The van der Waals surface area contributed by atoms with Crippen molar-refractivity contribution in [3.05, 3.63) is 34.4 Å². The molecular formula is C9H7ClF2O. The summed E-state index contributed by atoms with van der Waals surface area (Å²) in [6, 6.07) is 2.38. The maximum Gasteiger partial charge on any atom is 0.147 e. The van der Waals surface area contributed by atoms with Crippen LogP contribution in [-0.2, 0) is 11.2 Å². The summed E-state index contributed by atoms with van der Waals surface area (Å²) in [7, 11) is 0. The van der Waals surface area contributed by atoms with E-state index in [1.807, 2.05) is 0 Å². The van der Waals surface area contributed by atoms with E-state index in [0.29, 0.717) is 6.29 Å². The minimum absolute atomic E-state index is 0.207. The van der Waals surface area contributed by atoms with E-state index in [1.165, 1.54) is 6.07 Å². The van der Waals surface area contributed by atoms with Crippen LogP contribution < -0.4 is 0 Å². The van der Waals surface area contributed by atoms with Crippen molar-refractivity contribution in [3.63, 3.8) is 0 Å². The molecule has 0 saturated heterocycles. The number of halogens is 3. The van der Waals surface area contributed by atoms with E-state index < -0.39 is 16.7 Å². The highest BCUT2D eigenvalue weighted by molar-refractivity contribution is 6.30. The van der Waals surface area contributed by atoms with Gasteiger partial charge in [0.05, 0.1) is 0 Å². The molecule has 1 aromatic rings. The largest absolute Gasteiger partial charge is 0.303 e. The molecule has 0 atom stereocenters. The van der Waals surface area contributed by atoms with Gasteiger partial charge in [-0.1, -0.05) is 17.7 Å². The molecule has 0 unspecified atom stereocenters. The molecule has 0 heterocycles. The summed E-state index contributed by atoms with van der Waals surface area (Å²) in [5.41, 5.74) is 0.263. The first-order valence-electron chi connectivity index (χ1n) is 3.73. The van der Waals surface area contributed by atoms with Crippen LogP contribution in [0.3, 0.4) is 0 Å². The number of carbonyl (C=O) groups is 1. The number of hydrogen-bond acceptors (Lipinski definition) is 1. The van der Waals surface area contributed by atoms with Crippen LogP contribution in [0.4, 0.5) is 8.78 Å². The molecule has 0 N–H and O–H groups in total. The molecule has 0 aliphatic carbocycles. The summed E-state index contributed by atoms with van der Waals surface area (Å²) >= 11 is 5.32. The highest BCUT2D eigenvalue weighted by Crippen LogP contribution is 2.22. The van der Waals surface area contributed by atoms with Crippen molar-refractivity contribution in [1.82, 2.24) is 0 Å². The van der Waals surface area contributed by atoms with E-state index in [1.54, 1.807) is 0 Å². The molecule has 0 aromatic heterocycles. The lowest BCUT2D eigenvalue weighted by atomic mass is 10.1. The monoisotopic (exact) mass is 204 g/mol. The van der Waals surface area contributed by atoms with E-state index in [0.717, 1.165) is 6.07 Å². The molecule has 0 saturated carbocycles. The highest BCUT2D eigenvalue weighted by atomic mass is 35.5. The predicted octanol–water partition coefficient (Wildman–Crippen LogP) is 2.75. The molecule has 0 amide bonds. The second-order valence-corrected chi connectivity index (χ2v) is 2.92. The topological polar surface area (TPSA) is 17.1 Å². The van der Waals surface area contributed by atoms with Crippen molar-refractivity contribution in [1.29, 1.82) is 0 Å². The van der Waals surface area contributed by atoms with E-state index in [2.05, 4.69) is 0 Å². The molecule has 0 radical (unpaired) electrons. The second-order valence-electron chi connectivity index (χ2n) is 2.54. The summed E-state index contributed by atoms with van der Waals surface area (Å²) in [6.07, 6.45) is 1.13. The zero-order valence-corrected chi connectivity index (χ0v) is 7.44. The molecule has 13 heavy (non-hydrogen) atoms. The van der Waals surface area contributed by atoms with Gasteiger partial charge in [-0.25, -0.2) is 8.78 Å². The summed E-state index contributed by atoms with van der Waals surface area (Å²) in [5, 5.41) is -0.511. The molecule has 0 aliphatic rings. The van der Waals surface area contributed by atoms with Crippen molar-refractivity contribution < 1.29 is 13.6 Å². The Morgan fingerprint density at radius 3 is 2.69 bits per heavy atom. The van der Waals surface area contributed by atoms with Crippen LogP contribution in [0, 0.1) is 11.6 Å². The van der Waals surface area contributed by atoms with Crippen molar-refractivity contribution in [3.8, 4) is 0 Å². The Bertz CT molecular complexity index is 326. The molecule has 0 spiro atoms. The summed E-state index contributed by atoms with van der Waals surface area (Å²) < 4.78 is 25.7. The van der Waals surface area contributed by atoms with Crippen LogP contribution in [-0.4, -0.2) is 6.29 Å². The molecular weight excluding hydrogens is 198 g/mol. The maximum absolute atomic E-state index is 13.1. The van der Waals surface area contributed by atoms with Gasteiger partial charge in [0.25, 0.3) is 0 Å². The van der Waals surface area contributed by atoms with Gasteiger partial charge in [0, 0.05) is 6.42 Å². The SMILES string of the molecule is O=CCCc1ccc(F)c(Cl)c1F. The normalized spacial score (nSPS) is 10.1. The van der Waals surface area contributed by atoms with Crippen LogP contribution in [0.1, 0.15) is 12.0 Å². The molecule has 1 rings (SSSR count). The standard InChI is InChI=1S/C9H7ClF2O/c10-8-7(11)4-3-6(9(8)12)2-1-5-13/h3-5H,1-2H2. The first-order valence-corrected chi connectivity index (χ1v) is 4.10. The molecule has 4 heteroatoms. The first kappa shape index (κ1) is 10.1. The lowest BCUT2D eigenvalue weighted by molar-refractivity contribution is -0.107. The Morgan fingerprint density at radius 1 is 1.38 bits per heavy atom. The quantitative estimate of drug-likeness (QED) is 0.547. The van der Waals surface area contributed by atoms with Gasteiger partial charge >= 0.3 is 0 Å². The lowest BCUT2D eigenvalue weighted by Crippen LogP contribution is -1.94. The third kappa shape index (κ3) is 2.25. The van der Waals surface area contributed by atoms with Gasteiger partial charge in [0.2, 0.25) is 0 Å². The molecule has 1 aromatic carbocycles. The van der Waals surface area contributed by atoms with Gasteiger partial charge in [-0.2, -0.15) is 0 Å². The van der Waals surface area contributed by atoms with Gasteiger partial charge in [0.15, 0.2) is 0 Å². The zero-order chi connectivity index (χ0) is 9.84. The minimum atomic E-state index is -0.783. The molecule has 0 bridgehead atoms. The Labute approximate surface area is 79.3 Å². The number of aldehydes is 1. The second kappa shape index (κ2) is 4.33. The molecule has 0 aliphatic heterocycles. The number of carbonyl (C=O) groups excluding carboxylic acids is 1. The third-order valence-electron chi connectivity index (χ3n) is 1.65. The van der Waals surface area contributed by atoms with Crippen LogP contribution in [0.25, 0.3) is 0 Å². The van der Waals surface area contributed by atoms with Crippen LogP contribution in [0.15, 0.2) is 12.1 Å². The van der Waals surface area contributed by atoms with Gasteiger partial charge in [0.1, 0.15) is 22.9 Å². The summed E-state index contributed by atoms with van der Waals surface area (Å²) in [4.78, 5) is 10.0. The maximum atomic E-state index is 13.1. The fraction of sp³-hybridized carbons (Fsp3) is 0.222. The van der Waals surface area contributed by atoms with E-state index >= 15 is 0 Å². The highest BCUT2D eigenvalue weighted by Gasteiger charge is 2.10. The average Bonchev–Trinajstić information content (AvgIpc) is 2.13. The van der Waals surface area contributed by atoms with Gasteiger partial charge in [-0.05, 0) is 18.1 Å². The van der Waals surface area contributed by atoms with E-state index in [9.17, 15) is 13.6 Å². The third-order valence-corrected chi connectivity index (χ3v) is 1.99. The number of benzene rings is 1. The fourth-order valence-electron chi connectivity index (χ4n) is 0.973. The van der Waals surface area contributed by atoms with Gasteiger partial charge in [-0.3, -0.25) is 0 Å². The summed E-state index contributed by atoms with van der Waals surface area (Å²) in [5.74, 6) is -1.56. The average molecular weight is 205 g/mol. The van der Waals surface area contributed by atoms with Crippen LogP contribution in [0.5, 0.6) is 0 Å². The van der Waals surface area contributed by atoms with Gasteiger partial charge < -0.3 is 4.79 Å². The van der Waals surface area contributed by atoms with E-state index in [4.69, 9.17) is 11.6 Å². The van der Waals surface area contributed by atoms with Crippen molar-refractivity contribution >= 4 is 17.9 Å². The Hall–Kier alpha value is -0.960. The van der Waals surface area contributed by atoms with Crippen LogP contribution >= 0.6 is 11.6 Å². The van der Waals surface area contributed by atoms with Crippen LogP contribution in [0.2, 0.25) is 5.02 Å². The first-order chi connectivity index (χ1) is 6.16. The Kier molecular flexibility index (Phi) is 3.37. The smallest absolute Gasteiger partial charge is 0.147 e.